The number of para-hydroxylation sites is 1. The first-order chi connectivity index (χ1) is 33.5. The summed E-state index contributed by atoms with van der Waals surface area (Å²) in [6, 6.07) is 93.0. The molecule has 0 N–H and O–H groups in total. The van der Waals surface area contributed by atoms with E-state index < -0.39 is 0 Å². The third kappa shape index (κ3) is 7.48. The molecule has 11 aromatic rings. The van der Waals surface area contributed by atoms with Crippen molar-refractivity contribution < 1.29 is 0 Å². The van der Waals surface area contributed by atoms with E-state index in [0.717, 1.165) is 34.1 Å². The molecule has 10 aromatic carbocycles. The molecule has 0 amide bonds. The summed E-state index contributed by atoms with van der Waals surface area (Å²) < 4.78 is 0. The van der Waals surface area contributed by atoms with Gasteiger partial charge in [-0.15, -0.1) is 11.3 Å². The van der Waals surface area contributed by atoms with Crippen LogP contribution in [0, 0.1) is 0 Å². The minimum Gasteiger partial charge on any atom is -0.310 e. The summed E-state index contributed by atoms with van der Waals surface area (Å²) in [6.45, 7) is 4.77. The molecular weight excluding hydrogens is 841 g/mol. The van der Waals surface area contributed by atoms with Crippen molar-refractivity contribution in [3.05, 3.63) is 266 Å². The van der Waals surface area contributed by atoms with Crippen molar-refractivity contribution in [1.29, 1.82) is 0 Å². The highest BCUT2D eigenvalue weighted by Gasteiger charge is 2.37. The van der Waals surface area contributed by atoms with Gasteiger partial charge in [0.1, 0.15) is 0 Å². The summed E-state index contributed by atoms with van der Waals surface area (Å²) in [5.41, 5.74) is 19.0. The lowest BCUT2D eigenvalue weighted by molar-refractivity contribution is 0.660. The number of nitrogens with zero attached hydrogens (tertiary/aromatic N) is 2. The fourth-order valence-corrected chi connectivity index (χ4v) is 11.2. The minimum absolute atomic E-state index is 0.265. The monoisotopic (exact) mass is 888 g/mol. The van der Waals surface area contributed by atoms with Crippen LogP contribution in [0.4, 0.5) is 34.1 Å². The van der Waals surface area contributed by atoms with Gasteiger partial charge in [0.2, 0.25) is 0 Å². The molecule has 0 fully saturated rings. The SMILES string of the molecule is CC1(C)c2cc(N(c3ccccc3)c3ccc(-c4ccc(-c5ccccc5)cc4)cc3)ccc2-c2ccc(N(c3ccc(-c4ccc(-c5ccccc5)s4)cc3)c3cccc4ccccc34)cc21. The zero-order chi connectivity index (χ0) is 45.6. The highest BCUT2D eigenvalue weighted by molar-refractivity contribution is 7.18. The molecule has 0 atom stereocenters. The van der Waals surface area contributed by atoms with Gasteiger partial charge in [-0.25, -0.2) is 0 Å². The number of hydrogen-bond acceptors (Lipinski definition) is 3. The Bertz CT molecular complexity index is 3550. The highest BCUT2D eigenvalue weighted by Crippen LogP contribution is 2.53. The second-order valence-electron chi connectivity index (χ2n) is 18.2. The van der Waals surface area contributed by atoms with Crippen LogP contribution >= 0.6 is 11.3 Å². The molecule has 3 heteroatoms. The van der Waals surface area contributed by atoms with E-state index in [1.807, 2.05) is 11.3 Å². The van der Waals surface area contributed by atoms with Crippen molar-refractivity contribution in [3.8, 4) is 54.3 Å². The van der Waals surface area contributed by atoms with Gasteiger partial charge in [0.25, 0.3) is 0 Å². The van der Waals surface area contributed by atoms with Gasteiger partial charge in [0, 0.05) is 49.0 Å². The van der Waals surface area contributed by atoms with Crippen molar-refractivity contribution >= 4 is 56.2 Å². The van der Waals surface area contributed by atoms with E-state index in [9.17, 15) is 0 Å². The molecule has 0 spiro atoms. The van der Waals surface area contributed by atoms with Gasteiger partial charge in [-0.1, -0.05) is 190 Å². The lowest BCUT2D eigenvalue weighted by atomic mass is 9.82. The fraction of sp³-hybridized carbons (Fsp3) is 0.0462. The number of benzene rings is 10. The average Bonchev–Trinajstić information content (AvgIpc) is 3.99. The van der Waals surface area contributed by atoms with Crippen LogP contribution in [-0.4, -0.2) is 0 Å². The Kier molecular flexibility index (Phi) is 10.4. The molecule has 0 aliphatic heterocycles. The largest absolute Gasteiger partial charge is 0.310 e. The Morgan fingerprint density at radius 1 is 0.309 bits per heavy atom. The predicted octanol–water partition coefficient (Wildman–Crippen LogP) is 18.8. The third-order valence-electron chi connectivity index (χ3n) is 13.7. The quantitative estimate of drug-likeness (QED) is 0.135. The van der Waals surface area contributed by atoms with Gasteiger partial charge in [-0.3, -0.25) is 0 Å². The molecule has 1 heterocycles. The van der Waals surface area contributed by atoms with E-state index in [4.69, 9.17) is 0 Å². The minimum atomic E-state index is -0.265. The maximum absolute atomic E-state index is 2.44. The first-order valence-electron chi connectivity index (χ1n) is 23.4. The Labute approximate surface area is 403 Å². The van der Waals surface area contributed by atoms with E-state index in [1.54, 1.807) is 0 Å². The second-order valence-corrected chi connectivity index (χ2v) is 19.2. The highest BCUT2D eigenvalue weighted by atomic mass is 32.1. The van der Waals surface area contributed by atoms with Crippen molar-refractivity contribution in [2.45, 2.75) is 19.3 Å². The summed E-state index contributed by atoms with van der Waals surface area (Å²) in [4.78, 5) is 7.37. The summed E-state index contributed by atoms with van der Waals surface area (Å²) in [6.07, 6.45) is 0. The van der Waals surface area contributed by atoms with Crippen molar-refractivity contribution in [2.24, 2.45) is 0 Å². The van der Waals surface area contributed by atoms with Crippen molar-refractivity contribution in [2.75, 3.05) is 9.80 Å². The molecule has 324 valence electrons. The summed E-state index contributed by atoms with van der Waals surface area (Å²) in [5.74, 6) is 0. The van der Waals surface area contributed by atoms with E-state index in [2.05, 4.69) is 278 Å². The third-order valence-corrected chi connectivity index (χ3v) is 14.9. The number of hydrogen-bond donors (Lipinski definition) is 0. The van der Waals surface area contributed by atoms with Crippen LogP contribution in [-0.2, 0) is 5.41 Å². The lowest BCUT2D eigenvalue weighted by Crippen LogP contribution is -2.17. The van der Waals surface area contributed by atoms with Crippen LogP contribution in [0.1, 0.15) is 25.0 Å². The van der Waals surface area contributed by atoms with Crippen molar-refractivity contribution in [3.63, 3.8) is 0 Å². The second kappa shape index (κ2) is 17.2. The zero-order valence-corrected chi connectivity index (χ0v) is 38.9. The standard InChI is InChI=1S/C65H48N2S/c1-65(2)60-43-55(66(52-21-10-5-11-22-52)53-33-29-48(30-34-53)47-27-25-46(26-28-47)45-15-6-3-7-16-45)37-39-58(60)59-40-38-56(44-61(59)65)67(62-24-14-20-49-17-12-13-23-57(49)62)54-35-31-51(32-36-54)64-42-41-63(68-64)50-18-8-4-9-19-50/h3-44H,1-2H3. The number of fused-ring (bicyclic) bond motifs is 4. The molecule has 2 nitrogen and oxygen atoms in total. The molecule has 1 aliphatic rings. The molecule has 1 aromatic heterocycles. The van der Waals surface area contributed by atoms with E-state index in [-0.39, 0.29) is 5.41 Å². The first-order valence-corrected chi connectivity index (χ1v) is 24.2. The molecule has 0 saturated heterocycles. The average molecular weight is 889 g/mol. The van der Waals surface area contributed by atoms with Crippen LogP contribution in [0.5, 0.6) is 0 Å². The maximum Gasteiger partial charge on any atom is 0.0540 e. The Balaban J connectivity index is 0.894. The Hall–Kier alpha value is -8.24. The van der Waals surface area contributed by atoms with E-state index in [0.29, 0.717) is 0 Å². The summed E-state index contributed by atoms with van der Waals surface area (Å²) >= 11 is 1.84. The van der Waals surface area contributed by atoms with Gasteiger partial charge >= 0.3 is 0 Å². The molecule has 1 aliphatic carbocycles. The van der Waals surface area contributed by atoms with Gasteiger partial charge < -0.3 is 9.80 Å². The molecule has 0 radical (unpaired) electrons. The van der Waals surface area contributed by atoms with Crippen molar-refractivity contribution in [1.82, 2.24) is 0 Å². The number of rotatable bonds is 10. The predicted molar refractivity (Wildman–Crippen MR) is 290 cm³/mol. The van der Waals surface area contributed by atoms with Crippen LogP contribution in [0.3, 0.4) is 0 Å². The van der Waals surface area contributed by atoms with Crippen LogP contribution < -0.4 is 9.80 Å². The normalized spacial score (nSPS) is 12.4. The van der Waals surface area contributed by atoms with E-state index >= 15 is 0 Å². The van der Waals surface area contributed by atoms with Gasteiger partial charge in [-0.05, 0) is 140 Å². The maximum atomic E-state index is 2.44. The topological polar surface area (TPSA) is 6.48 Å². The molecule has 68 heavy (non-hydrogen) atoms. The van der Waals surface area contributed by atoms with Gasteiger partial charge in [0.15, 0.2) is 0 Å². The van der Waals surface area contributed by atoms with Gasteiger partial charge in [-0.2, -0.15) is 0 Å². The Morgan fingerprint density at radius 2 is 0.706 bits per heavy atom. The summed E-state index contributed by atoms with van der Waals surface area (Å²) in [7, 11) is 0. The molecule has 0 unspecified atom stereocenters. The van der Waals surface area contributed by atoms with Crippen LogP contribution in [0.25, 0.3) is 65.0 Å². The molecule has 0 saturated carbocycles. The first kappa shape index (κ1) is 41.2. The van der Waals surface area contributed by atoms with Crippen LogP contribution in [0.15, 0.2) is 255 Å². The van der Waals surface area contributed by atoms with Crippen LogP contribution in [0.2, 0.25) is 0 Å². The van der Waals surface area contributed by atoms with E-state index in [1.165, 1.54) is 76.2 Å². The number of thiophene rings is 1. The molecule has 12 rings (SSSR count). The zero-order valence-electron chi connectivity index (χ0n) is 38.1. The Morgan fingerprint density at radius 3 is 1.29 bits per heavy atom. The van der Waals surface area contributed by atoms with Gasteiger partial charge in [0.05, 0.1) is 5.69 Å². The fourth-order valence-electron chi connectivity index (χ4n) is 10.2. The smallest absolute Gasteiger partial charge is 0.0540 e. The number of anilines is 6. The lowest BCUT2D eigenvalue weighted by Gasteiger charge is -2.30. The molecular formula is C65H48N2S. The summed E-state index contributed by atoms with van der Waals surface area (Å²) in [5, 5.41) is 2.43. The molecule has 0 bridgehead atoms.